The van der Waals surface area contributed by atoms with Crippen molar-refractivity contribution in [2.75, 3.05) is 13.1 Å². The first kappa shape index (κ1) is 11.9. The van der Waals surface area contributed by atoms with Gasteiger partial charge in [-0.3, -0.25) is 9.69 Å². The molecule has 1 aliphatic rings. The summed E-state index contributed by atoms with van der Waals surface area (Å²) in [5.41, 5.74) is 2.13. The fourth-order valence-corrected chi connectivity index (χ4v) is 3.04. The van der Waals surface area contributed by atoms with Crippen LogP contribution in [-0.4, -0.2) is 23.0 Å². The molecule has 0 aliphatic carbocycles. The highest BCUT2D eigenvalue weighted by molar-refractivity contribution is 9.10. The van der Waals surface area contributed by atoms with Gasteiger partial charge in [0.2, 0.25) is 5.56 Å². The van der Waals surface area contributed by atoms with Gasteiger partial charge in [-0.15, -0.1) is 0 Å². The normalized spacial score (nSPS) is 16.5. The van der Waals surface area contributed by atoms with Gasteiger partial charge in [-0.05, 0) is 59.6 Å². The molecule has 2 heterocycles. The molecule has 4 heteroatoms. The Morgan fingerprint density at radius 2 is 1.94 bits per heavy atom. The van der Waals surface area contributed by atoms with E-state index in [1.165, 1.54) is 31.5 Å². The third-order valence-corrected chi connectivity index (χ3v) is 4.19. The molecule has 94 valence electrons. The molecule has 0 unspecified atom stereocenters. The van der Waals surface area contributed by atoms with E-state index >= 15 is 0 Å². The largest absolute Gasteiger partial charge is 0.321 e. The molecule has 1 aromatic carbocycles. The number of nitrogens with one attached hydrogen (secondary N) is 1. The predicted octanol–water partition coefficient (Wildman–Crippen LogP) is 2.89. The van der Waals surface area contributed by atoms with E-state index in [1.54, 1.807) is 6.07 Å². The van der Waals surface area contributed by atoms with Gasteiger partial charge < -0.3 is 4.98 Å². The quantitative estimate of drug-likeness (QED) is 0.926. The average Bonchev–Trinajstić information content (AvgIpc) is 2.86. The van der Waals surface area contributed by atoms with Crippen LogP contribution in [0.3, 0.4) is 0 Å². The van der Waals surface area contributed by atoms with Gasteiger partial charge in [-0.2, -0.15) is 0 Å². The number of aromatic amines is 1. The minimum Gasteiger partial charge on any atom is -0.321 e. The molecule has 1 aliphatic heterocycles. The van der Waals surface area contributed by atoms with Gasteiger partial charge in [0.15, 0.2) is 0 Å². The van der Waals surface area contributed by atoms with Crippen molar-refractivity contribution in [1.82, 2.24) is 9.88 Å². The number of likely N-dealkylation sites (tertiary alicyclic amines) is 1. The third kappa shape index (κ3) is 2.22. The van der Waals surface area contributed by atoms with E-state index in [9.17, 15) is 4.79 Å². The average molecular weight is 307 g/mol. The Balaban J connectivity index is 2.06. The number of fused-ring (bicyclic) bond motifs is 1. The van der Waals surface area contributed by atoms with Gasteiger partial charge in [0, 0.05) is 22.5 Å². The van der Waals surface area contributed by atoms with Crippen molar-refractivity contribution in [3.63, 3.8) is 0 Å². The Hall–Kier alpha value is -1.13. The van der Waals surface area contributed by atoms with Crippen LogP contribution in [0.5, 0.6) is 0 Å². The molecule has 0 saturated carbocycles. The first-order valence-corrected chi connectivity index (χ1v) is 7.06. The van der Waals surface area contributed by atoms with Crippen LogP contribution in [0.2, 0.25) is 0 Å². The van der Waals surface area contributed by atoms with Crippen molar-refractivity contribution >= 4 is 26.8 Å². The summed E-state index contributed by atoms with van der Waals surface area (Å²) in [5.74, 6) is 0. The Kier molecular flexibility index (Phi) is 3.22. The summed E-state index contributed by atoms with van der Waals surface area (Å²) in [6.45, 7) is 3.33. The van der Waals surface area contributed by atoms with E-state index in [2.05, 4.69) is 31.9 Å². The highest BCUT2D eigenvalue weighted by atomic mass is 79.9. The zero-order valence-electron chi connectivity index (χ0n) is 10.1. The highest BCUT2D eigenvalue weighted by Gasteiger charge is 2.14. The first-order chi connectivity index (χ1) is 8.74. The minimum absolute atomic E-state index is 0.0541. The van der Waals surface area contributed by atoms with Crippen LogP contribution in [0.1, 0.15) is 18.4 Å². The Bertz CT molecular complexity index is 629. The Labute approximate surface area is 114 Å². The smallest absolute Gasteiger partial charge is 0.248 e. The number of benzene rings is 1. The molecular formula is C14H15BrN2O. The zero-order valence-corrected chi connectivity index (χ0v) is 11.7. The van der Waals surface area contributed by atoms with Crippen LogP contribution in [0.25, 0.3) is 10.9 Å². The van der Waals surface area contributed by atoms with Crippen molar-refractivity contribution in [2.24, 2.45) is 0 Å². The van der Waals surface area contributed by atoms with Crippen molar-refractivity contribution in [2.45, 2.75) is 19.4 Å². The van der Waals surface area contributed by atoms with E-state index in [0.29, 0.717) is 0 Å². The van der Waals surface area contributed by atoms with Crippen molar-refractivity contribution in [3.05, 3.63) is 44.7 Å². The molecular weight excluding hydrogens is 292 g/mol. The summed E-state index contributed by atoms with van der Waals surface area (Å²) in [6.07, 6.45) is 2.59. The number of rotatable bonds is 2. The lowest BCUT2D eigenvalue weighted by molar-refractivity contribution is 0.332. The second kappa shape index (κ2) is 4.86. The standard InChI is InChI=1S/C14H15BrN2O/c15-12-5-3-10(9-17-7-1-2-8-17)11-4-6-13(18)16-14(11)12/h3-6H,1-2,7-9H2,(H,16,18). The molecule has 1 fully saturated rings. The molecule has 1 N–H and O–H groups in total. The van der Waals surface area contributed by atoms with E-state index in [1.807, 2.05) is 12.1 Å². The molecule has 0 atom stereocenters. The van der Waals surface area contributed by atoms with Gasteiger partial charge in [0.25, 0.3) is 0 Å². The summed E-state index contributed by atoms with van der Waals surface area (Å²) >= 11 is 3.49. The van der Waals surface area contributed by atoms with Crippen LogP contribution in [0.4, 0.5) is 0 Å². The number of H-pyrrole nitrogens is 1. The number of hydrogen-bond acceptors (Lipinski definition) is 2. The summed E-state index contributed by atoms with van der Waals surface area (Å²) in [6, 6.07) is 7.68. The van der Waals surface area contributed by atoms with Crippen LogP contribution in [0, 0.1) is 0 Å². The van der Waals surface area contributed by atoms with Crippen LogP contribution < -0.4 is 5.56 Å². The second-order valence-corrected chi connectivity index (χ2v) is 5.66. The van der Waals surface area contributed by atoms with Gasteiger partial charge in [-0.1, -0.05) is 6.07 Å². The monoisotopic (exact) mass is 306 g/mol. The maximum absolute atomic E-state index is 11.4. The minimum atomic E-state index is -0.0541. The number of nitrogens with zero attached hydrogens (tertiary/aromatic N) is 1. The summed E-state index contributed by atoms with van der Waals surface area (Å²) in [7, 11) is 0. The topological polar surface area (TPSA) is 36.1 Å². The Morgan fingerprint density at radius 1 is 1.17 bits per heavy atom. The lowest BCUT2D eigenvalue weighted by Gasteiger charge is -2.16. The molecule has 3 rings (SSSR count). The number of halogens is 1. The number of aromatic nitrogens is 1. The van der Waals surface area contributed by atoms with Gasteiger partial charge in [-0.25, -0.2) is 0 Å². The van der Waals surface area contributed by atoms with Crippen molar-refractivity contribution in [3.8, 4) is 0 Å². The number of hydrogen-bond donors (Lipinski definition) is 1. The third-order valence-electron chi connectivity index (χ3n) is 3.53. The first-order valence-electron chi connectivity index (χ1n) is 6.27. The summed E-state index contributed by atoms with van der Waals surface area (Å²) in [5, 5.41) is 1.14. The summed E-state index contributed by atoms with van der Waals surface area (Å²) < 4.78 is 0.945. The Morgan fingerprint density at radius 3 is 2.72 bits per heavy atom. The lowest BCUT2D eigenvalue weighted by Crippen LogP contribution is -2.18. The van der Waals surface area contributed by atoms with Crippen LogP contribution in [-0.2, 0) is 6.54 Å². The van der Waals surface area contributed by atoms with E-state index in [0.717, 1.165) is 21.9 Å². The fourth-order valence-electron chi connectivity index (χ4n) is 2.60. The van der Waals surface area contributed by atoms with E-state index in [4.69, 9.17) is 0 Å². The highest BCUT2D eigenvalue weighted by Crippen LogP contribution is 2.25. The molecule has 1 aromatic heterocycles. The van der Waals surface area contributed by atoms with Gasteiger partial charge in [0.1, 0.15) is 0 Å². The zero-order chi connectivity index (χ0) is 12.5. The SMILES string of the molecule is O=c1ccc2c(CN3CCCC3)ccc(Br)c2[nH]1. The van der Waals surface area contributed by atoms with E-state index < -0.39 is 0 Å². The number of pyridine rings is 1. The van der Waals surface area contributed by atoms with Crippen LogP contribution >= 0.6 is 15.9 Å². The summed E-state index contributed by atoms with van der Waals surface area (Å²) in [4.78, 5) is 16.8. The lowest BCUT2D eigenvalue weighted by atomic mass is 10.1. The molecule has 2 aromatic rings. The second-order valence-electron chi connectivity index (χ2n) is 4.80. The molecule has 0 radical (unpaired) electrons. The molecule has 0 spiro atoms. The molecule has 18 heavy (non-hydrogen) atoms. The molecule has 0 bridgehead atoms. The van der Waals surface area contributed by atoms with Gasteiger partial charge >= 0.3 is 0 Å². The van der Waals surface area contributed by atoms with Crippen molar-refractivity contribution < 1.29 is 0 Å². The molecule has 0 amide bonds. The van der Waals surface area contributed by atoms with Gasteiger partial charge in [0.05, 0.1) is 5.52 Å². The van der Waals surface area contributed by atoms with E-state index in [-0.39, 0.29) is 5.56 Å². The fraction of sp³-hybridized carbons (Fsp3) is 0.357. The maximum atomic E-state index is 11.4. The predicted molar refractivity (Wildman–Crippen MR) is 76.8 cm³/mol. The molecule has 1 saturated heterocycles. The molecule has 3 nitrogen and oxygen atoms in total. The van der Waals surface area contributed by atoms with Crippen molar-refractivity contribution in [1.29, 1.82) is 0 Å². The maximum Gasteiger partial charge on any atom is 0.248 e. The van der Waals surface area contributed by atoms with Crippen LogP contribution in [0.15, 0.2) is 33.5 Å².